The van der Waals surface area contributed by atoms with Crippen molar-refractivity contribution >= 4 is 46.3 Å². The number of nitrogens with one attached hydrogen (secondary N) is 3. The van der Waals surface area contributed by atoms with E-state index in [2.05, 4.69) is 37.5 Å². The number of H-pyrrole nitrogens is 1. The zero-order chi connectivity index (χ0) is 28.5. The van der Waals surface area contributed by atoms with Crippen molar-refractivity contribution < 1.29 is 14.7 Å². The number of aromatic hydroxyl groups is 1. The average molecular weight is 542 g/mol. The van der Waals surface area contributed by atoms with Crippen LogP contribution >= 0.6 is 0 Å². The number of benzene rings is 2. The molecule has 0 fully saturated rings. The first-order chi connectivity index (χ1) is 19.4. The summed E-state index contributed by atoms with van der Waals surface area (Å²) in [5.74, 6) is 0.478. The minimum absolute atomic E-state index is 0.0629. The van der Waals surface area contributed by atoms with E-state index in [-0.39, 0.29) is 17.7 Å². The first kappa shape index (κ1) is 28.3. The zero-order valence-corrected chi connectivity index (χ0v) is 23.1. The lowest BCUT2D eigenvalue weighted by molar-refractivity contribution is -0.130. The Labute approximate surface area is 233 Å². The largest absolute Gasteiger partial charge is 0.494 e. The van der Waals surface area contributed by atoms with E-state index in [1.165, 1.54) is 6.33 Å². The molecule has 2 aromatic heterocycles. The van der Waals surface area contributed by atoms with Crippen LogP contribution in [0.4, 0.5) is 17.2 Å². The van der Waals surface area contributed by atoms with Crippen molar-refractivity contribution in [2.45, 2.75) is 39.5 Å². The topological polar surface area (TPSA) is 136 Å². The fraction of sp³-hybridized carbons (Fsp3) is 0.300. The number of anilines is 2. The Hall–Kier alpha value is -4.73. The molecule has 4 aromatic rings. The quantitative estimate of drug-likeness (QED) is 0.140. The molecular formula is C30H35N7O3. The van der Waals surface area contributed by atoms with E-state index in [0.29, 0.717) is 58.9 Å². The van der Waals surface area contributed by atoms with Gasteiger partial charge in [0.25, 0.3) is 5.91 Å². The molecule has 208 valence electrons. The second-order valence-electron chi connectivity index (χ2n) is 9.61. The number of carbonyl (C=O) groups excluding carboxylic acids is 2. The number of aromatic nitrogens is 3. The number of aryl methyl sites for hydroxylation is 1. The third-order valence-electron chi connectivity index (χ3n) is 6.58. The average Bonchev–Trinajstić information content (AvgIpc) is 3.29. The van der Waals surface area contributed by atoms with Gasteiger partial charge in [0.1, 0.15) is 17.8 Å². The molecule has 4 rings (SSSR count). The van der Waals surface area contributed by atoms with E-state index in [0.717, 1.165) is 24.8 Å². The van der Waals surface area contributed by atoms with E-state index in [1.54, 1.807) is 35.4 Å². The minimum Gasteiger partial charge on any atom is -0.494 e. The van der Waals surface area contributed by atoms with Crippen LogP contribution in [0.1, 0.15) is 54.1 Å². The number of fused-ring (bicyclic) bond motifs is 1. The van der Waals surface area contributed by atoms with Gasteiger partial charge in [0.05, 0.1) is 16.6 Å². The van der Waals surface area contributed by atoms with Crippen molar-refractivity contribution in [2.24, 2.45) is 4.99 Å². The maximum Gasteiger partial charge on any atom is 0.255 e. The van der Waals surface area contributed by atoms with Crippen LogP contribution < -0.4 is 10.6 Å². The summed E-state index contributed by atoms with van der Waals surface area (Å²) in [6.07, 6.45) is 6.21. The van der Waals surface area contributed by atoms with Gasteiger partial charge >= 0.3 is 0 Å². The first-order valence-corrected chi connectivity index (χ1v) is 13.4. The molecule has 2 amide bonds. The van der Waals surface area contributed by atoms with Gasteiger partial charge in [0, 0.05) is 44.0 Å². The van der Waals surface area contributed by atoms with Gasteiger partial charge in [-0.15, -0.1) is 0 Å². The second kappa shape index (κ2) is 13.4. The third-order valence-corrected chi connectivity index (χ3v) is 6.58. The summed E-state index contributed by atoms with van der Waals surface area (Å²) >= 11 is 0. The molecule has 0 atom stereocenters. The summed E-state index contributed by atoms with van der Waals surface area (Å²) in [7, 11) is 1.82. The second-order valence-corrected chi connectivity index (χ2v) is 9.61. The first-order valence-electron chi connectivity index (χ1n) is 13.4. The monoisotopic (exact) mass is 541 g/mol. The van der Waals surface area contributed by atoms with Crippen molar-refractivity contribution in [3.05, 3.63) is 71.5 Å². The van der Waals surface area contributed by atoms with Crippen molar-refractivity contribution in [3.8, 4) is 5.88 Å². The summed E-state index contributed by atoms with van der Waals surface area (Å²) in [5.41, 5.74) is 3.73. The lowest BCUT2D eigenvalue weighted by atomic mass is 10.1. The van der Waals surface area contributed by atoms with E-state index >= 15 is 0 Å². The molecule has 0 saturated carbocycles. The van der Waals surface area contributed by atoms with Crippen LogP contribution in [0.15, 0.2) is 59.9 Å². The normalized spacial score (nSPS) is 11.2. The van der Waals surface area contributed by atoms with Gasteiger partial charge in [0.2, 0.25) is 5.91 Å². The Balaban J connectivity index is 1.44. The molecule has 0 aliphatic heterocycles. The molecule has 0 bridgehead atoms. The standard InChI is InChI=1S/C30H35N7O3/c1-4-5-12-25(38)37(3)16-9-15-31-27-26-23(30(40)36-28(26)34-19-33-27)18-32-22-13-14-24(20(2)17-22)35-29(39)21-10-7-6-8-11-21/h6-8,10-11,13-14,17-19,40H,4-5,9,12,15-16H2,1-3H3,(H,35,39)(H2,31,33,34,36). The van der Waals surface area contributed by atoms with Gasteiger partial charge < -0.3 is 25.6 Å². The number of amides is 2. The maximum absolute atomic E-state index is 12.5. The van der Waals surface area contributed by atoms with Crippen LogP contribution in [0.5, 0.6) is 5.88 Å². The number of nitrogens with zero attached hydrogens (tertiary/aromatic N) is 4. The summed E-state index contributed by atoms with van der Waals surface area (Å²) in [5, 5.41) is 17.4. The Morgan fingerprint density at radius 1 is 1.12 bits per heavy atom. The molecule has 0 saturated heterocycles. The van der Waals surface area contributed by atoms with Crippen molar-refractivity contribution in [3.63, 3.8) is 0 Å². The molecule has 0 unspecified atom stereocenters. The molecule has 2 aromatic carbocycles. The Bertz CT molecular complexity index is 1500. The highest BCUT2D eigenvalue weighted by Gasteiger charge is 2.16. The number of carbonyl (C=O) groups is 2. The SMILES string of the molecule is CCCCC(=O)N(C)CCCNc1ncnc2[nH]c(O)c(C=Nc3ccc(NC(=O)c4ccccc4)c(C)c3)c12. The van der Waals surface area contributed by atoms with E-state index in [1.807, 2.05) is 38.2 Å². The highest BCUT2D eigenvalue weighted by atomic mass is 16.3. The summed E-state index contributed by atoms with van der Waals surface area (Å²) in [6, 6.07) is 14.5. The van der Waals surface area contributed by atoms with Gasteiger partial charge in [-0.25, -0.2) is 9.97 Å². The molecule has 10 nitrogen and oxygen atoms in total. The highest BCUT2D eigenvalue weighted by Crippen LogP contribution is 2.30. The van der Waals surface area contributed by atoms with Gasteiger partial charge in [-0.1, -0.05) is 31.5 Å². The molecule has 0 radical (unpaired) electrons. The molecule has 0 spiro atoms. The molecule has 40 heavy (non-hydrogen) atoms. The fourth-order valence-corrected chi connectivity index (χ4v) is 4.25. The number of aromatic amines is 1. The maximum atomic E-state index is 12.5. The Morgan fingerprint density at radius 3 is 2.67 bits per heavy atom. The molecule has 2 heterocycles. The van der Waals surface area contributed by atoms with Crippen LogP contribution in [0.25, 0.3) is 11.0 Å². The minimum atomic E-state index is -0.182. The third kappa shape index (κ3) is 7.02. The smallest absolute Gasteiger partial charge is 0.255 e. The van der Waals surface area contributed by atoms with Crippen LogP contribution in [0.2, 0.25) is 0 Å². The Morgan fingerprint density at radius 2 is 1.93 bits per heavy atom. The Kier molecular flexibility index (Phi) is 9.45. The van der Waals surface area contributed by atoms with Gasteiger partial charge in [-0.05, 0) is 55.7 Å². The summed E-state index contributed by atoms with van der Waals surface area (Å²) < 4.78 is 0. The molecule has 0 aliphatic rings. The number of hydrogen-bond acceptors (Lipinski definition) is 7. The van der Waals surface area contributed by atoms with Crippen molar-refractivity contribution in [1.82, 2.24) is 19.9 Å². The van der Waals surface area contributed by atoms with E-state index in [9.17, 15) is 14.7 Å². The lowest BCUT2D eigenvalue weighted by Crippen LogP contribution is -2.28. The number of aliphatic imine (C=N–C) groups is 1. The van der Waals surface area contributed by atoms with Gasteiger partial charge in [-0.3, -0.25) is 14.6 Å². The predicted octanol–water partition coefficient (Wildman–Crippen LogP) is 5.43. The van der Waals surface area contributed by atoms with Crippen LogP contribution in [0.3, 0.4) is 0 Å². The van der Waals surface area contributed by atoms with E-state index in [4.69, 9.17) is 0 Å². The van der Waals surface area contributed by atoms with Crippen LogP contribution in [-0.2, 0) is 4.79 Å². The fourth-order valence-electron chi connectivity index (χ4n) is 4.25. The lowest BCUT2D eigenvalue weighted by Gasteiger charge is -2.17. The number of rotatable bonds is 12. The van der Waals surface area contributed by atoms with E-state index < -0.39 is 0 Å². The number of hydrogen-bond donors (Lipinski definition) is 4. The van der Waals surface area contributed by atoms with Gasteiger partial charge in [-0.2, -0.15) is 0 Å². The highest BCUT2D eigenvalue weighted by molar-refractivity contribution is 6.06. The molecular weight excluding hydrogens is 506 g/mol. The van der Waals surface area contributed by atoms with Crippen LogP contribution in [-0.4, -0.2) is 63.1 Å². The molecule has 4 N–H and O–H groups in total. The summed E-state index contributed by atoms with van der Waals surface area (Å²) in [4.78, 5) is 42.5. The summed E-state index contributed by atoms with van der Waals surface area (Å²) in [6.45, 7) is 5.20. The van der Waals surface area contributed by atoms with Crippen molar-refractivity contribution in [2.75, 3.05) is 30.8 Å². The van der Waals surface area contributed by atoms with Crippen LogP contribution in [0, 0.1) is 6.92 Å². The zero-order valence-electron chi connectivity index (χ0n) is 23.1. The molecule has 10 heteroatoms. The van der Waals surface area contributed by atoms with Crippen molar-refractivity contribution in [1.29, 1.82) is 0 Å². The molecule has 0 aliphatic carbocycles. The predicted molar refractivity (Wildman–Crippen MR) is 159 cm³/mol. The van der Waals surface area contributed by atoms with Gasteiger partial charge in [0.15, 0.2) is 5.88 Å². The number of unbranched alkanes of at least 4 members (excludes halogenated alkanes) is 1.